The molecule has 1 fully saturated rings. The number of fused-ring (bicyclic) bond motifs is 1. The number of halogens is 3. The van der Waals surface area contributed by atoms with E-state index in [-0.39, 0.29) is 42.0 Å². The van der Waals surface area contributed by atoms with Crippen LogP contribution in [0, 0.1) is 11.3 Å². The van der Waals surface area contributed by atoms with Gasteiger partial charge in [-0.15, -0.1) is 8.78 Å². The number of hydrogen-bond donors (Lipinski definition) is 1. The summed E-state index contributed by atoms with van der Waals surface area (Å²) in [4.78, 5) is 28.6. The molecule has 1 saturated carbocycles. The zero-order valence-corrected chi connectivity index (χ0v) is 20.5. The molecule has 0 saturated heterocycles. The molecule has 1 N–H and O–H groups in total. The van der Waals surface area contributed by atoms with Crippen molar-refractivity contribution in [3.8, 4) is 5.75 Å². The number of aromatic nitrogens is 1. The monoisotopic (exact) mass is 502 g/mol. The van der Waals surface area contributed by atoms with E-state index < -0.39 is 5.57 Å². The van der Waals surface area contributed by atoms with Gasteiger partial charge in [0.1, 0.15) is 11.9 Å². The Balaban J connectivity index is 1.39. The molecule has 1 heterocycles. The third-order valence-electron chi connectivity index (χ3n) is 5.82. The third kappa shape index (κ3) is 8.07. The van der Waals surface area contributed by atoms with Crippen molar-refractivity contribution >= 4 is 50.2 Å². The fourth-order valence-electron chi connectivity index (χ4n) is 4.02. The number of nitrogens with one attached hydrogen (secondary N) is 1. The van der Waals surface area contributed by atoms with E-state index in [1.54, 1.807) is 0 Å². The first-order valence-corrected chi connectivity index (χ1v) is 12.2. The van der Waals surface area contributed by atoms with E-state index in [1.165, 1.54) is 18.2 Å². The van der Waals surface area contributed by atoms with Crippen molar-refractivity contribution in [1.29, 1.82) is 0 Å². The van der Waals surface area contributed by atoms with Crippen molar-refractivity contribution in [2.75, 3.05) is 5.32 Å². The lowest BCUT2D eigenvalue weighted by Gasteiger charge is -2.36. The second-order valence-electron chi connectivity index (χ2n) is 9.43. The van der Waals surface area contributed by atoms with Gasteiger partial charge in [0.15, 0.2) is 5.13 Å². The van der Waals surface area contributed by atoms with Crippen LogP contribution in [0.15, 0.2) is 18.2 Å². The predicted octanol–water partition coefficient (Wildman–Crippen LogP) is 6.72. The van der Waals surface area contributed by atoms with Gasteiger partial charge in [-0.2, -0.15) is 0 Å². The second-order valence-corrected chi connectivity index (χ2v) is 10.9. The first-order chi connectivity index (χ1) is 15.4. The lowest BCUT2D eigenvalue weighted by molar-refractivity contribution is -0.151. The fourth-order valence-corrected chi connectivity index (χ4v) is 5.02. The smallest absolute Gasteiger partial charge is 0.462 e. The van der Waals surface area contributed by atoms with Crippen molar-refractivity contribution in [3.05, 3.63) is 18.2 Å². The van der Waals surface area contributed by atoms with Crippen LogP contribution in [0.25, 0.3) is 10.2 Å². The first-order valence-electron chi connectivity index (χ1n) is 11.0. The lowest BCUT2D eigenvalue weighted by Crippen LogP contribution is -2.30. The molecule has 0 spiro atoms. The highest BCUT2D eigenvalue weighted by atomic mass is 35.5. The van der Waals surface area contributed by atoms with E-state index in [9.17, 15) is 18.4 Å². The molecule has 1 aliphatic rings. The van der Waals surface area contributed by atoms with Crippen molar-refractivity contribution < 1.29 is 27.8 Å². The van der Waals surface area contributed by atoms with Crippen LogP contribution in [-0.2, 0) is 14.3 Å². The standard InChI is InChI=1S/C23H29ClF2N2O4S/c1-22(2,3)14-7-9-15(10-8-14)31-20(30)6-4-5-19(29)28-21-27-17-12-11-16(13-18(17)33-21)32-23(24,25)26/h11-15H,4-10H2,1-3H3,(H,27,28,29). The fraction of sp³-hybridized carbons (Fsp3) is 0.609. The van der Waals surface area contributed by atoms with Crippen molar-refractivity contribution in [2.45, 2.75) is 77.4 Å². The van der Waals surface area contributed by atoms with E-state index >= 15 is 0 Å². The maximum Gasteiger partial charge on any atom is 0.487 e. The second kappa shape index (κ2) is 10.5. The lowest BCUT2D eigenvalue weighted by atomic mass is 9.72. The highest BCUT2D eigenvalue weighted by molar-refractivity contribution is 7.22. The Hall–Kier alpha value is -2.00. The number of carbonyl (C=O) groups is 2. The summed E-state index contributed by atoms with van der Waals surface area (Å²) in [5, 5.41) is 3.01. The maximum atomic E-state index is 12.8. The predicted molar refractivity (Wildman–Crippen MR) is 125 cm³/mol. The van der Waals surface area contributed by atoms with Crippen molar-refractivity contribution in [1.82, 2.24) is 4.98 Å². The number of ether oxygens (including phenoxy) is 2. The number of alkyl halides is 3. The number of nitrogens with zero attached hydrogens (tertiary/aromatic N) is 1. The number of carbonyl (C=O) groups excluding carboxylic acids is 2. The van der Waals surface area contributed by atoms with E-state index in [2.05, 4.69) is 35.8 Å². The van der Waals surface area contributed by atoms with Crippen molar-refractivity contribution in [3.63, 3.8) is 0 Å². The molecular formula is C23H29ClF2N2O4S. The molecule has 1 aromatic heterocycles. The zero-order chi connectivity index (χ0) is 24.2. The Kier molecular flexibility index (Phi) is 8.16. The third-order valence-corrected chi connectivity index (χ3v) is 6.83. The highest BCUT2D eigenvalue weighted by Gasteiger charge is 2.31. The number of thiazole rings is 1. The Morgan fingerprint density at radius 1 is 1.18 bits per heavy atom. The van der Waals surface area contributed by atoms with Gasteiger partial charge in [-0.3, -0.25) is 9.59 Å². The molecule has 3 rings (SSSR count). The van der Waals surface area contributed by atoms with Gasteiger partial charge in [0.25, 0.3) is 0 Å². The van der Waals surface area contributed by atoms with E-state index in [0.29, 0.717) is 27.7 Å². The molecule has 0 unspecified atom stereocenters. The van der Waals surface area contributed by atoms with Crippen LogP contribution in [0.5, 0.6) is 5.75 Å². The van der Waals surface area contributed by atoms with Gasteiger partial charge < -0.3 is 14.8 Å². The summed E-state index contributed by atoms with van der Waals surface area (Å²) in [7, 11) is 0. The summed E-state index contributed by atoms with van der Waals surface area (Å²) in [6.45, 7) is 6.74. The number of anilines is 1. The topological polar surface area (TPSA) is 77.5 Å². The van der Waals surface area contributed by atoms with Gasteiger partial charge in [0.2, 0.25) is 5.91 Å². The Bertz CT molecular complexity index is 979. The summed E-state index contributed by atoms with van der Waals surface area (Å²) >= 11 is 5.91. The molecule has 10 heteroatoms. The number of rotatable bonds is 8. The van der Waals surface area contributed by atoms with Crippen LogP contribution in [-0.4, -0.2) is 28.5 Å². The van der Waals surface area contributed by atoms with E-state index in [1.807, 2.05) is 0 Å². The molecule has 0 radical (unpaired) electrons. The molecule has 0 bridgehead atoms. The molecular weight excluding hydrogens is 474 g/mol. The molecule has 1 amide bonds. The summed E-state index contributed by atoms with van der Waals surface area (Å²) in [5.74, 6) is -0.00426. The minimum absolute atomic E-state index is 0.0275. The quantitative estimate of drug-likeness (QED) is 0.320. The minimum Gasteiger partial charge on any atom is -0.462 e. The summed E-state index contributed by atoms with van der Waals surface area (Å²) < 4.78 is 36.1. The van der Waals surface area contributed by atoms with Gasteiger partial charge in [-0.25, -0.2) is 4.98 Å². The van der Waals surface area contributed by atoms with Crippen molar-refractivity contribution in [2.24, 2.45) is 11.3 Å². The molecule has 0 atom stereocenters. The van der Waals surface area contributed by atoms with E-state index in [4.69, 9.17) is 16.3 Å². The largest absolute Gasteiger partial charge is 0.487 e. The maximum absolute atomic E-state index is 12.8. The highest BCUT2D eigenvalue weighted by Crippen LogP contribution is 2.38. The zero-order valence-electron chi connectivity index (χ0n) is 19.0. The van der Waals surface area contributed by atoms with Crippen LogP contribution in [0.1, 0.15) is 65.7 Å². The van der Waals surface area contributed by atoms with Gasteiger partial charge in [-0.1, -0.05) is 32.1 Å². The first kappa shape index (κ1) is 25.6. The Labute approximate surface area is 201 Å². The van der Waals surface area contributed by atoms with Crippen LogP contribution in [0.4, 0.5) is 13.9 Å². The normalized spacial score (nSPS) is 19.3. The molecule has 0 aliphatic heterocycles. The molecule has 33 heavy (non-hydrogen) atoms. The summed E-state index contributed by atoms with van der Waals surface area (Å²) in [6, 6.07) is 4.21. The van der Waals surface area contributed by atoms with Gasteiger partial charge in [-0.05, 0) is 61.6 Å². The van der Waals surface area contributed by atoms with Crippen LogP contribution >= 0.6 is 22.9 Å². The van der Waals surface area contributed by atoms with Gasteiger partial charge in [0.05, 0.1) is 10.2 Å². The molecule has 1 aliphatic carbocycles. The van der Waals surface area contributed by atoms with Crippen LogP contribution < -0.4 is 10.1 Å². The average molecular weight is 503 g/mol. The Morgan fingerprint density at radius 2 is 1.88 bits per heavy atom. The van der Waals surface area contributed by atoms with Gasteiger partial charge >= 0.3 is 11.5 Å². The van der Waals surface area contributed by atoms with Crippen LogP contribution in [0.3, 0.4) is 0 Å². The summed E-state index contributed by atoms with van der Waals surface area (Å²) in [5.41, 5.74) is -2.99. The average Bonchev–Trinajstić information content (AvgIpc) is 3.07. The number of amides is 1. The molecule has 6 nitrogen and oxygen atoms in total. The number of benzene rings is 1. The number of hydrogen-bond acceptors (Lipinski definition) is 6. The SMILES string of the molecule is CC(C)(C)C1CCC(OC(=O)CCCC(=O)Nc2nc3ccc(OC(F)(F)Cl)cc3s2)CC1. The minimum atomic E-state index is -3.80. The van der Waals surface area contributed by atoms with Gasteiger partial charge in [0, 0.05) is 24.4 Å². The summed E-state index contributed by atoms with van der Waals surface area (Å²) in [6.07, 6.45) is 4.58. The van der Waals surface area contributed by atoms with E-state index in [0.717, 1.165) is 37.0 Å². The Morgan fingerprint density at radius 3 is 2.52 bits per heavy atom. The molecule has 1 aromatic carbocycles. The molecule has 182 valence electrons. The number of esters is 1. The molecule has 2 aromatic rings. The van der Waals surface area contributed by atoms with Crippen LogP contribution in [0.2, 0.25) is 0 Å².